The van der Waals surface area contributed by atoms with Gasteiger partial charge in [0.15, 0.2) is 11.5 Å². The monoisotopic (exact) mass is 377 g/mol. The van der Waals surface area contributed by atoms with Gasteiger partial charge < -0.3 is 14.0 Å². The number of nitrogens with one attached hydrogen (secondary N) is 1. The Kier molecular flexibility index (Phi) is 6.80. The third-order valence-corrected chi connectivity index (χ3v) is 3.81. The summed E-state index contributed by atoms with van der Waals surface area (Å²) in [6.45, 7) is 4.60. The number of hydrogen-bond acceptors (Lipinski definition) is 5. The largest absolute Gasteiger partial charge is 0.493 e. The fourth-order valence-electron chi connectivity index (χ4n) is 2.28. The van der Waals surface area contributed by atoms with Crippen LogP contribution in [-0.4, -0.2) is 30.4 Å². The highest BCUT2D eigenvalue weighted by Crippen LogP contribution is 2.35. The number of aromatic nitrogens is 1. The highest BCUT2D eigenvalue weighted by Gasteiger charge is 2.12. The number of ether oxygens (including phenoxy) is 2. The molecule has 0 radical (unpaired) electrons. The van der Waals surface area contributed by atoms with Gasteiger partial charge >= 0.3 is 0 Å². The molecule has 0 saturated heterocycles. The fraction of sp³-hybridized carbons (Fsp3) is 0.278. The summed E-state index contributed by atoms with van der Waals surface area (Å²) in [6, 6.07) is 6.41. The van der Waals surface area contributed by atoms with Gasteiger partial charge in [0.05, 0.1) is 25.0 Å². The molecule has 0 atom stereocenters. The Hall–Kier alpha value is -2.80. The Morgan fingerprint density at radius 3 is 2.81 bits per heavy atom. The molecule has 1 heterocycles. The molecule has 0 fully saturated rings. The number of nitrogens with zero attached hydrogens (tertiary/aromatic N) is 2. The van der Waals surface area contributed by atoms with Crippen molar-refractivity contribution in [1.82, 2.24) is 9.99 Å². The molecule has 1 aromatic carbocycles. The maximum Gasteiger partial charge on any atom is 0.276 e. The van der Waals surface area contributed by atoms with Crippen LogP contribution in [0.3, 0.4) is 0 Å². The summed E-state index contributed by atoms with van der Waals surface area (Å²) < 4.78 is 12.1. The molecule has 0 spiro atoms. The number of carbonyl (C=O) groups excluding carboxylic acids is 1. The molecule has 0 saturated carbocycles. The van der Waals surface area contributed by atoms with Crippen LogP contribution in [0.5, 0.6) is 11.5 Å². The smallest absolute Gasteiger partial charge is 0.276 e. The minimum Gasteiger partial charge on any atom is -0.493 e. The molecule has 0 aliphatic carbocycles. The number of amides is 1. The lowest BCUT2D eigenvalue weighted by Crippen LogP contribution is -2.30. The summed E-state index contributed by atoms with van der Waals surface area (Å²) >= 11 is 6.19. The zero-order valence-corrected chi connectivity index (χ0v) is 15.5. The molecule has 1 aromatic heterocycles. The lowest BCUT2D eigenvalue weighted by molar-refractivity contribution is 0.0953. The van der Waals surface area contributed by atoms with Crippen molar-refractivity contribution in [3.63, 3.8) is 0 Å². The highest BCUT2D eigenvalue weighted by molar-refractivity contribution is 6.32. The van der Waals surface area contributed by atoms with Crippen molar-refractivity contribution in [2.24, 2.45) is 5.10 Å². The van der Waals surface area contributed by atoms with E-state index in [9.17, 15) is 9.59 Å². The van der Waals surface area contributed by atoms with Gasteiger partial charge in [-0.2, -0.15) is 5.10 Å². The van der Waals surface area contributed by atoms with Crippen LogP contribution in [0.25, 0.3) is 0 Å². The predicted octanol–water partition coefficient (Wildman–Crippen LogP) is 2.69. The predicted molar refractivity (Wildman–Crippen MR) is 101 cm³/mol. The molecule has 2 rings (SSSR count). The first kappa shape index (κ1) is 19.5. The number of rotatable bonds is 7. The quantitative estimate of drug-likeness (QED) is 0.594. The van der Waals surface area contributed by atoms with Crippen molar-refractivity contribution in [2.45, 2.75) is 20.4 Å². The van der Waals surface area contributed by atoms with Gasteiger partial charge in [-0.1, -0.05) is 11.6 Å². The number of hydrogen-bond donors (Lipinski definition) is 1. The van der Waals surface area contributed by atoms with E-state index in [0.717, 1.165) is 0 Å². The minimum atomic E-state index is -0.585. The standard InChI is InChI=1S/C18H20ClN3O4/c1-4-22-8-6-7-13(18(22)24)17(23)21-20-11-12-9-14(19)16(26-5-2)15(10-12)25-3/h6-11H,4-5H2,1-3H3,(H,21,23)/b20-11-. The lowest BCUT2D eigenvalue weighted by atomic mass is 10.2. The number of pyridine rings is 1. The van der Waals surface area contributed by atoms with Gasteiger partial charge in [0.1, 0.15) is 5.56 Å². The number of carbonyl (C=O) groups is 1. The van der Waals surface area contributed by atoms with Crippen LogP contribution >= 0.6 is 11.6 Å². The lowest BCUT2D eigenvalue weighted by Gasteiger charge is -2.11. The van der Waals surface area contributed by atoms with E-state index in [1.54, 1.807) is 24.4 Å². The van der Waals surface area contributed by atoms with Gasteiger partial charge in [0.25, 0.3) is 11.5 Å². The fourth-order valence-corrected chi connectivity index (χ4v) is 2.56. The normalized spacial score (nSPS) is 10.8. The highest BCUT2D eigenvalue weighted by atomic mass is 35.5. The first-order valence-corrected chi connectivity index (χ1v) is 8.42. The maximum atomic E-state index is 12.1. The SMILES string of the molecule is CCOc1c(Cl)cc(/C=N\NC(=O)c2cccn(CC)c2=O)cc1OC. The van der Waals surface area contributed by atoms with E-state index >= 15 is 0 Å². The molecule has 1 N–H and O–H groups in total. The summed E-state index contributed by atoms with van der Waals surface area (Å²) in [6.07, 6.45) is 3.03. The molecule has 0 unspecified atom stereocenters. The average Bonchev–Trinajstić information content (AvgIpc) is 2.63. The second kappa shape index (κ2) is 9.05. The summed E-state index contributed by atoms with van der Waals surface area (Å²) in [5.41, 5.74) is 2.60. The van der Waals surface area contributed by atoms with Crippen LogP contribution < -0.4 is 20.5 Å². The summed E-state index contributed by atoms with van der Waals surface area (Å²) in [4.78, 5) is 24.2. The summed E-state index contributed by atoms with van der Waals surface area (Å²) in [5.74, 6) is 0.321. The second-order valence-electron chi connectivity index (χ2n) is 5.18. The number of methoxy groups -OCH3 is 1. The molecule has 0 aliphatic rings. The molecular formula is C18H20ClN3O4. The molecule has 1 amide bonds. The van der Waals surface area contributed by atoms with Gasteiger partial charge in [-0.05, 0) is 43.7 Å². The van der Waals surface area contributed by atoms with E-state index in [0.29, 0.717) is 35.2 Å². The Balaban J connectivity index is 2.17. The first-order chi connectivity index (χ1) is 12.5. The van der Waals surface area contributed by atoms with Crippen molar-refractivity contribution in [1.29, 1.82) is 0 Å². The molecule has 8 heteroatoms. The van der Waals surface area contributed by atoms with Crippen LogP contribution in [0.1, 0.15) is 29.8 Å². The number of halogens is 1. The third-order valence-electron chi connectivity index (χ3n) is 3.53. The molecular weight excluding hydrogens is 358 g/mol. The van der Waals surface area contributed by atoms with Crippen molar-refractivity contribution < 1.29 is 14.3 Å². The van der Waals surface area contributed by atoms with Gasteiger partial charge in [0.2, 0.25) is 0 Å². The van der Waals surface area contributed by atoms with Gasteiger partial charge in [0, 0.05) is 12.7 Å². The van der Waals surface area contributed by atoms with Crippen LogP contribution in [0.2, 0.25) is 5.02 Å². The van der Waals surface area contributed by atoms with Gasteiger partial charge in [-0.15, -0.1) is 0 Å². The van der Waals surface area contributed by atoms with Gasteiger partial charge in [-0.3, -0.25) is 9.59 Å². The summed E-state index contributed by atoms with van der Waals surface area (Å²) in [5, 5.41) is 4.25. The number of aryl methyl sites for hydroxylation is 1. The zero-order chi connectivity index (χ0) is 19.1. The number of benzene rings is 1. The van der Waals surface area contributed by atoms with E-state index < -0.39 is 5.91 Å². The molecule has 0 aliphatic heterocycles. The van der Waals surface area contributed by atoms with Crippen molar-refractivity contribution in [3.05, 3.63) is 57.0 Å². The number of hydrazone groups is 1. The Bertz CT molecular complexity index is 877. The van der Waals surface area contributed by atoms with Crippen LogP contribution in [0.4, 0.5) is 0 Å². The average molecular weight is 378 g/mol. The molecule has 26 heavy (non-hydrogen) atoms. The van der Waals surface area contributed by atoms with E-state index in [1.807, 2.05) is 13.8 Å². The van der Waals surface area contributed by atoms with Crippen molar-refractivity contribution in [2.75, 3.05) is 13.7 Å². The summed E-state index contributed by atoms with van der Waals surface area (Å²) in [7, 11) is 1.51. The zero-order valence-electron chi connectivity index (χ0n) is 14.8. The molecule has 7 nitrogen and oxygen atoms in total. The maximum absolute atomic E-state index is 12.1. The van der Waals surface area contributed by atoms with Crippen LogP contribution in [0.15, 0.2) is 40.4 Å². The third kappa shape index (κ3) is 4.43. The van der Waals surface area contributed by atoms with Gasteiger partial charge in [-0.25, -0.2) is 5.43 Å². The van der Waals surface area contributed by atoms with Crippen LogP contribution in [0, 0.1) is 0 Å². The second-order valence-corrected chi connectivity index (χ2v) is 5.59. The molecule has 2 aromatic rings. The van der Waals surface area contributed by atoms with E-state index in [2.05, 4.69) is 10.5 Å². The van der Waals surface area contributed by atoms with E-state index in [4.69, 9.17) is 21.1 Å². The molecule has 138 valence electrons. The van der Waals surface area contributed by atoms with E-state index in [-0.39, 0.29) is 11.1 Å². The van der Waals surface area contributed by atoms with Crippen molar-refractivity contribution >= 4 is 23.7 Å². The molecule has 0 bridgehead atoms. The van der Waals surface area contributed by atoms with Crippen molar-refractivity contribution in [3.8, 4) is 11.5 Å². The Labute approximate surface area is 156 Å². The minimum absolute atomic E-state index is 0.0220. The topological polar surface area (TPSA) is 81.9 Å². The first-order valence-electron chi connectivity index (χ1n) is 8.05. The Morgan fingerprint density at radius 2 is 2.15 bits per heavy atom. The van der Waals surface area contributed by atoms with Crippen LogP contribution in [-0.2, 0) is 6.54 Å². The Morgan fingerprint density at radius 1 is 1.38 bits per heavy atom. The van der Waals surface area contributed by atoms with E-state index in [1.165, 1.54) is 24.0 Å².